The Hall–Kier alpha value is -0.980. The number of imide groups is 1. The van der Waals surface area contributed by atoms with Crippen molar-refractivity contribution in [2.45, 2.75) is 87.9 Å². The molecule has 0 radical (unpaired) electrons. The van der Waals surface area contributed by atoms with E-state index < -0.39 is 0 Å². The maximum Gasteiger partial charge on any atom is 0.235 e. The van der Waals surface area contributed by atoms with Gasteiger partial charge >= 0.3 is 0 Å². The molecule has 0 bridgehead atoms. The molecule has 10 atom stereocenters. The van der Waals surface area contributed by atoms with Gasteiger partial charge in [-0.1, -0.05) is 25.7 Å². The van der Waals surface area contributed by atoms with Crippen LogP contribution in [0.15, 0.2) is 0 Å². The summed E-state index contributed by atoms with van der Waals surface area (Å²) in [6.45, 7) is 0. The highest BCUT2D eigenvalue weighted by molar-refractivity contribution is 6.05. The Bertz CT molecular complexity index is 698. The minimum Gasteiger partial charge on any atom is -0.369 e. The van der Waals surface area contributed by atoms with E-state index in [1.54, 1.807) is 7.05 Å². The zero-order valence-electron chi connectivity index (χ0n) is 17.0. The van der Waals surface area contributed by atoms with Gasteiger partial charge in [-0.2, -0.15) is 0 Å². The topological polar surface area (TPSA) is 59.1 Å². The highest BCUT2D eigenvalue weighted by atomic mass is 16.6. The molecule has 2 amide bonds. The Morgan fingerprint density at radius 2 is 1.39 bits per heavy atom. The standard InChI is InChI=1S/C22H32N2O4/c1-23-12-8-4-3-7-11(12)15-16-17(22(26)24(2)21(16)25)19-20(18(15)23)28-14-10-6-5-9-13(14)27-19/h11-20H,3-10H2,1-2H3. The summed E-state index contributed by atoms with van der Waals surface area (Å²) in [6, 6.07) is 0.718. The molecule has 6 fully saturated rings. The number of carbonyl (C=O) groups excluding carboxylic acids is 2. The molecule has 0 aromatic rings. The van der Waals surface area contributed by atoms with Gasteiger partial charge in [0.15, 0.2) is 0 Å². The third kappa shape index (κ3) is 2.20. The molecule has 3 aliphatic heterocycles. The first-order chi connectivity index (χ1) is 13.6. The van der Waals surface area contributed by atoms with Gasteiger partial charge in [0.25, 0.3) is 0 Å². The highest BCUT2D eigenvalue weighted by Gasteiger charge is 2.69. The summed E-state index contributed by atoms with van der Waals surface area (Å²) >= 11 is 0. The number of hydrogen-bond donors (Lipinski definition) is 0. The predicted octanol–water partition coefficient (Wildman–Crippen LogP) is 1.82. The fraction of sp³-hybridized carbons (Fsp3) is 0.909. The first kappa shape index (κ1) is 17.8. The summed E-state index contributed by atoms with van der Waals surface area (Å²) in [4.78, 5) is 30.3. The van der Waals surface area contributed by atoms with E-state index in [1.165, 1.54) is 43.4 Å². The minimum atomic E-state index is -0.347. The van der Waals surface area contributed by atoms with Crippen LogP contribution in [0.5, 0.6) is 0 Å². The molecule has 6 aliphatic rings. The third-order valence-corrected chi connectivity index (χ3v) is 9.02. The summed E-state index contributed by atoms with van der Waals surface area (Å²) in [6.07, 6.45) is 9.22. The number of likely N-dealkylation sites (N-methyl/N-ethyl adjacent to an activating group) is 1. The molecule has 28 heavy (non-hydrogen) atoms. The summed E-state index contributed by atoms with van der Waals surface area (Å²) in [5.74, 6) is 0.157. The second-order valence-electron chi connectivity index (χ2n) is 10.1. The van der Waals surface area contributed by atoms with Crippen LogP contribution in [0.1, 0.15) is 51.4 Å². The molecule has 0 N–H and O–H groups in total. The molecular formula is C22H32N2O4. The zero-order chi connectivity index (χ0) is 19.2. The van der Waals surface area contributed by atoms with Crippen molar-refractivity contribution in [3.8, 4) is 0 Å². The fourth-order valence-electron chi connectivity index (χ4n) is 7.88. The zero-order valence-corrected chi connectivity index (χ0v) is 17.0. The fourth-order valence-corrected chi connectivity index (χ4v) is 7.88. The number of fused-ring (bicyclic) bond motifs is 9. The van der Waals surface area contributed by atoms with Gasteiger partial charge in [0.1, 0.15) is 6.10 Å². The Balaban J connectivity index is 1.44. The Labute approximate surface area is 166 Å². The second-order valence-corrected chi connectivity index (χ2v) is 10.1. The SMILES string of the molecule is CN1C(=O)C2C3OC4CCCCC4OC3C3C(C4CCCCC4N3C)C2C1=O. The van der Waals surface area contributed by atoms with Crippen molar-refractivity contribution in [3.63, 3.8) is 0 Å². The number of ether oxygens (including phenoxy) is 2. The average molecular weight is 389 g/mol. The van der Waals surface area contributed by atoms with Gasteiger partial charge in [0.05, 0.1) is 30.1 Å². The molecule has 3 saturated heterocycles. The molecule has 0 aromatic carbocycles. The van der Waals surface area contributed by atoms with Crippen molar-refractivity contribution in [3.05, 3.63) is 0 Å². The van der Waals surface area contributed by atoms with Gasteiger partial charge < -0.3 is 9.47 Å². The van der Waals surface area contributed by atoms with Crippen molar-refractivity contribution in [2.24, 2.45) is 23.7 Å². The highest BCUT2D eigenvalue weighted by Crippen LogP contribution is 2.57. The lowest BCUT2D eigenvalue weighted by Gasteiger charge is -2.53. The van der Waals surface area contributed by atoms with Crippen molar-refractivity contribution >= 4 is 11.8 Å². The summed E-state index contributed by atoms with van der Waals surface area (Å²) < 4.78 is 13.4. The number of rotatable bonds is 0. The molecule has 3 saturated carbocycles. The molecule has 6 heteroatoms. The van der Waals surface area contributed by atoms with Crippen molar-refractivity contribution in [2.75, 3.05) is 14.1 Å². The molecular weight excluding hydrogens is 356 g/mol. The van der Waals surface area contributed by atoms with Crippen LogP contribution in [0.4, 0.5) is 0 Å². The van der Waals surface area contributed by atoms with E-state index in [4.69, 9.17) is 9.47 Å². The third-order valence-electron chi connectivity index (χ3n) is 9.02. The van der Waals surface area contributed by atoms with Gasteiger partial charge in [-0.15, -0.1) is 0 Å². The largest absolute Gasteiger partial charge is 0.369 e. The monoisotopic (exact) mass is 388 g/mol. The van der Waals surface area contributed by atoms with Crippen LogP contribution in [-0.4, -0.2) is 72.2 Å². The molecule has 6 nitrogen and oxygen atoms in total. The number of carbonyl (C=O) groups is 2. The first-order valence-corrected chi connectivity index (χ1v) is 11.4. The van der Waals surface area contributed by atoms with E-state index in [9.17, 15) is 9.59 Å². The van der Waals surface area contributed by atoms with Gasteiger partial charge in [-0.3, -0.25) is 19.4 Å². The van der Waals surface area contributed by atoms with E-state index in [1.807, 2.05) is 0 Å². The molecule has 3 aliphatic carbocycles. The number of likely N-dealkylation sites (tertiary alicyclic amines) is 2. The lowest BCUT2D eigenvalue weighted by molar-refractivity contribution is -0.271. The maximum absolute atomic E-state index is 13.2. The van der Waals surface area contributed by atoms with Crippen LogP contribution >= 0.6 is 0 Å². The van der Waals surface area contributed by atoms with Crippen LogP contribution in [0.25, 0.3) is 0 Å². The van der Waals surface area contributed by atoms with Crippen molar-refractivity contribution in [1.82, 2.24) is 9.80 Å². The minimum absolute atomic E-state index is 0.0254. The number of nitrogens with zero attached hydrogens (tertiary/aromatic N) is 2. The molecule has 0 aromatic heterocycles. The smallest absolute Gasteiger partial charge is 0.235 e. The van der Waals surface area contributed by atoms with Crippen molar-refractivity contribution in [1.29, 1.82) is 0 Å². The summed E-state index contributed by atoms with van der Waals surface area (Å²) in [7, 11) is 3.89. The Kier molecular flexibility index (Phi) is 3.99. The van der Waals surface area contributed by atoms with Crippen molar-refractivity contribution < 1.29 is 19.1 Å². The number of hydrogen-bond acceptors (Lipinski definition) is 5. The van der Waals surface area contributed by atoms with Crippen LogP contribution in [-0.2, 0) is 19.1 Å². The van der Waals surface area contributed by atoms with Gasteiger partial charge in [0.2, 0.25) is 11.8 Å². The van der Waals surface area contributed by atoms with Gasteiger partial charge in [-0.05, 0) is 44.6 Å². The lowest BCUT2D eigenvalue weighted by Crippen LogP contribution is -2.66. The van der Waals surface area contributed by atoms with E-state index in [0.717, 1.165) is 12.8 Å². The lowest BCUT2D eigenvalue weighted by atomic mass is 9.62. The molecule has 154 valence electrons. The van der Waals surface area contributed by atoms with E-state index in [2.05, 4.69) is 11.9 Å². The Morgan fingerprint density at radius 1 is 0.786 bits per heavy atom. The van der Waals surface area contributed by atoms with Crippen LogP contribution in [0.2, 0.25) is 0 Å². The van der Waals surface area contributed by atoms with E-state index in [-0.39, 0.29) is 60.0 Å². The average Bonchev–Trinajstić information content (AvgIpc) is 3.14. The van der Waals surface area contributed by atoms with E-state index in [0.29, 0.717) is 12.0 Å². The normalized spacial score (nSPS) is 53.3. The summed E-state index contributed by atoms with van der Waals surface area (Å²) in [5.41, 5.74) is 0. The van der Waals surface area contributed by atoms with E-state index >= 15 is 0 Å². The predicted molar refractivity (Wildman–Crippen MR) is 101 cm³/mol. The van der Waals surface area contributed by atoms with Crippen LogP contribution in [0.3, 0.4) is 0 Å². The quantitative estimate of drug-likeness (QED) is 0.593. The van der Waals surface area contributed by atoms with Crippen LogP contribution < -0.4 is 0 Å². The molecule has 3 heterocycles. The first-order valence-electron chi connectivity index (χ1n) is 11.4. The van der Waals surface area contributed by atoms with Gasteiger partial charge in [-0.25, -0.2) is 0 Å². The molecule has 10 unspecified atom stereocenters. The second kappa shape index (κ2) is 6.26. The van der Waals surface area contributed by atoms with Gasteiger partial charge in [0, 0.05) is 19.1 Å². The molecule has 6 rings (SSSR count). The Morgan fingerprint density at radius 3 is 2.14 bits per heavy atom. The number of amides is 2. The molecule has 0 spiro atoms. The van der Waals surface area contributed by atoms with Crippen LogP contribution in [0, 0.1) is 23.7 Å². The summed E-state index contributed by atoms with van der Waals surface area (Å²) in [5, 5.41) is 0. The maximum atomic E-state index is 13.2.